The van der Waals surface area contributed by atoms with Gasteiger partial charge in [0.2, 0.25) is 5.91 Å². The number of hydrogen-bond donors (Lipinski definition) is 1. The average Bonchev–Trinajstić information content (AvgIpc) is 2.59. The lowest BCUT2D eigenvalue weighted by molar-refractivity contribution is -0.167. The molecule has 30 heavy (non-hydrogen) atoms. The molecule has 0 spiro atoms. The summed E-state index contributed by atoms with van der Waals surface area (Å²) in [4.78, 5) is 39.9. The molecule has 0 unspecified atom stereocenters. The summed E-state index contributed by atoms with van der Waals surface area (Å²) in [5.41, 5.74) is -0.358. The molecule has 0 saturated carbocycles. The van der Waals surface area contributed by atoms with Gasteiger partial charge in [0.25, 0.3) is 0 Å². The zero-order chi connectivity index (χ0) is 22.5. The van der Waals surface area contributed by atoms with Gasteiger partial charge in [-0.3, -0.25) is 9.59 Å². The van der Waals surface area contributed by atoms with E-state index in [4.69, 9.17) is 9.47 Å². The van der Waals surface area contributed by atoms with Crippen LogP contribution in [0.3, 0.4) is 0 Å². The maximum absolute atomic E-state index is 13.2. The quantitative estimate of drug-likeness (QED) is 0.715. The molecule has 7 nitrogen and oxygen atoms in total. The minimum atomic E-state index is -0.762. The van der Waals surface area contributed by atoms with Crippen LogP contribution in [0.4, 0.5) is 0 Å². The van der Waals surface area contributed by atoms with Crippen molar-refractivity contribution in [1.82, 2.24) is 10.2 Å². The van der Waals surface area contributed by atoms with Gasteiger partial charge in [0.05, 0.1) is 12.5 Å². The Labute approximate surface area is 179 Å². The maximum atomic E-state index is 13.2. The first-order valence-electron chi connectivity index (χ1n) is 10.4. The van der Waals surface area contributed by atoms with Gasteiger partial charge in [-0.25, -0.2) is 4.79 Å². The molecule has 1 N–H and O–H groups in total. The van der Waals surface area contributed by atoms with Crippen molar-refractivity contribution < 1.29 is 23.9 Å². The highest BCUT2D eigenvalue weighted by molar-refractivity contribution is 5.91. The number of amides is 1. The van der Waals surface area contributed by atoms with E-state index in [0.29, 0.717) is 19.5 Å². The first-order chi connectivity index (χ1) is 13.9. The standard InChI is InChI=1S/C23H34N2O5/c1-22(2,3)29-19(26)15-17-20(27)25(13-12-24-17)18(21(28)30-23(4,5)6)14-16-10-8-7-9-11-16/h7-11,17-18,24H,12-15H2,1-6H3/t17-,18-/m0/s1. The van der Waals surface area contributed by atoms with E-state index in [1.54, 1.807) is 41.5 Å². The van der Waals surface area contributed by atoms with Crippen LogP contribution in [0.25, 0.3) is 0 Å². The Kier molecular flexibility index (Phi) is 7.64. The Balaban J connectivity index is 2.20. The highest BCUT2D eigenvalue weighted by Crippen LogP contribution is 2.19. The zero-order valence-corrected chi connectivity index (χ0v) is 18.9. The summed E-state index contributed by atoms with van der Waals surface area (Å²) in [7, 11) is 0. The van der Waals surface area contributed by atoms with E-state index >= 15 is 0 Å². The zero-order valence-electron chi connectivity index (χ0n) is 18.9. The molecule has 7 heteroatoms. The van der Waals surface area contributed by atoms with E-state index in [1.165, 1.54) is 4.90 Å². The fourth-order valence-electron chi connectivity index (χ4n) is 3.30. The van der Waals surface area contributed by atoms with Crippen molar-refractivity contribution in [2.75, 3.05) is 13.1 Å². The van der Waals surface area contributed by atoms with Crippen LogP contribution in [0.15, 0.2) is 30.3 Å². The SMILES string of the molecule is CC(C)(C)OC(=O)C[C@@H]1NCCN([C@@H](Cc2ccccc2)C(=O)OC(C)(C)C)C1=O. The molecule has 1 fully saturated rings. The van der Waals surface area contributed by atoms with E-state index in [2.05, 4.69) is 5.32 Å². The molecule has 0 radical (unpaired) electrons. The summed E-state index contributed by atoms with van der Waals surface area (Å²) in [6.45, 7) is 11.6. The molecule has 1 aliphatic heterocycles. The lowest BCUT2D eigenvalue weighted by Crippen LogP contribution is -2.61. The Hall–Kier alpha value is -2.41. The van der Waals surface area contributed by atoms with Crippen LogP contribution >= 0.6 is 0 Å². The van der Waals surface area contributed by atoms with Crippen molar-refractivity contribution in [1.29, 1.82) is 0 Å². The lowest BCUT2D eigenvalue weighted by atomic mass is 10.0. The van der Waals surface area contributed by atoms with Crippen LogP contribution in [-0.4, -0.2) is 59.1 Å². The van der Waals surface area contributed by atoms with Crippen molar-refractivity contribution in [2.45, 2.75) is 77.7 Å². The second kappa shape index (κ2) is 9.60. The van der Waals surface area contributed by atoms with Gasteiger partial charge in [-0.05, 0) is 47.1 Å². The molecule has 1 aliphatic rings. The van der Waals surface area contributed by atoms with E-state index in [1.807, 2.05) is 30.3 Å². The number of benzene rings is 1. The number of nitrogens with zero attached hydrogens (tertiary/aromatic N) is 1. The fourth-order valence-corrected chi connectivity index (χ4v) is 3.30. The number of carbonyl (C=O) groups is 3. The van der Waals surface area contributed by atoms with Gasteiger partial charge >= 0.3 is 11.9 Å². The number of rotatable bonds is 6. The molecule has 0 aromatic heterocycles. The number of nitrogens with one attached hydrogen (secondary N) is 1. The fraction of sp³-hybridized carbons (Fsp3) is 0.609. The molecule has 0 bridgehead atoms. The third-order valence-electron chi connectivity index (χ3n) is 4.44. The van der Waals surface area contributed by atoms with Gasteiger partial charge in [-0.15, -0.1) is 0 Å². The molecular weight excluding hydrogens is 384 g/mol. The van der Waals surface area contributed by atoms with Crippen LogP contribution in [0.2, 0.25) is 0 Å². The summed E-state index contributed by atoms with van der Waals surface area (Å²) >= 11 is 0. The first kappa shape index (κ1) is 23.9. The van der Waals surface area contributed by atoms with Crippen molar-refractivity contribution in [2.24, 2.45) is 0 Å². The topological polar surface area (TPSA) is 84.9 Å². The number of piperazine rings is 1. The van der Waals surface area contributed by atoms with Crippen molar-refractivity contribution in [3.8, 4) is 0 Å². The van der Waals surface area contributed by atoms with Crippen molar-refractivity contribution >= 4 is 17.8 Å². The molecule has 0 aliphatic carbocycles. The van der Waals surface area contributed by atoms with Gasteiger partial charge in [0.1, 0.15) is 17.2 Å². The predicted octanol–water partition coefficient (Wildman–Crippen LogP) is 2.47. The number of carbonyl (C=O) groups excluding carboxylic acids is 3. The second-order valence-electron chi connectivity index (χ2n) is 9.57. The average molecular weight is 419 g/mol. The minimum Gasteiger partial charge on any atom is -0.460 e. The first-order valence-corrected chi connectivity index (χ1v) is 10.4. The van der Waals surface area contributed by atoms with Gasteiger partial charge in [-0.2, -0.15) is 0 Å². The largest absolute Gasteiger partial charge is 0.460 e. The number of hydrogen-bond acceptors (Lipinski definition) is 6. The van der Waals surface area contributed by atoms with Crippen molar-refractivity contribution in [3.63, 3.8) is 0 Å². The summed E-state index contributed by atoms with van der Waals surface area (Å²) in [6, 6.07) is 8.04. The second-order valence-corrected chi connectivity index (χ2v) is 9.57. The molecule has 1 aromatic rings. The van der Waals surface area contributed by atoms with E-state index in [-0.39, 0.29) is 12.3 Å². The van der Waals surface area contributed by atoms with Crippen LogP contribution in [0, 0.1) is 0 Å². The predicted molar refractivity (Wildman–Crippen MR) is 114 cm³/mol. The third kappa shape index (κ3) is 7.44. The molecule has 1 saturated heterocycles. The molecule has 1 amide bonds. The van der Waals surface area contributed by atoms with Gasteiger partial charge in [-0.1, -0.05) is 30.3 Å². The number of ether oxygens (including phenoxy) is 2. The molecule has 1 aromatic carbocycles. The van der Waals surface area contributed by atoms with Crippen molar-refractivity contribution in [3.05, 3.63) is 35.9 Å². The minimum absolute atomic E-state index is 0.0843. The Morgan fingerprint density at radius 2 is 1.67 bits per heavy atom. The summed E-state index contributed by atoms with van der Waals surface area (Å²) < 4.78 is 11.0. The van der Waals surface area contributed by atoms with Gasteiger partial charge in [0.15, 0.2) is 0 Å². The Morgan fingerprint density at radius 3 is 2.23 bits per heavy atom. The normalized spacial score (nSPS) is 18.7. The summed E-state index contributed by atoms with van der Waals surface area (Å²) in [5.74, 6) is -1.19. The highest BCUT2D eigenvalue weighted by Gasteiger charge is 2.39. The lowest BCUT2D eigenvalue weighted by Gasteiger charge is -2.38. The third-order valence-corrected chi connectivity index (χ3v) is 4.44. The smallest absolute Gasteiger partial charge is 0.329 e. The van der Waals surface area contributed by atoms with Crippen LogP contribution in [0.5, 0.6) is 0 Å². The monoisotopic (exact) mass is 418 g/mol. The van der Waals surface area contributed by atoms with Crippen LogP contribution < -0.4 is 5.32 Å². The van der Waals surface area contributed by atoms with E-state index in [9.17, 15) is 14.4 Å². The van der Waals surface area contributed by atoms with Gasteiger partial charge in [0, 0.05) is 19.5 Å². The molecule has 2 rings (SSSR count). The van der Waals surface area contributed by atoms with E-state index < -0.39 is 35.2 Å². The molecule has 2 atom stereocenters. The van der Waals surface area contributed by atoms with E-state index in [0.717, 1.165) is 5.56 Å². The summed E-state index contributed by atoms with van der Waals surface area (Å²) in [6.07, 6.45) is 0.264. The molecule has 166 valence electrons. The Morgan fingerprint density at radius 1 is 1.07 bits per heavy atom. The van der Waals surface area contributed by atoms with Crippen LogP contribution in [-0.2, 0) is 30.3 Å². The maximum Gasteiger partial charge on any atom is 0.329 e. The molecule has 1 heterocycles. The molecular formula is C23H34N2O5. The van der Waals surface area contributed by atoms with Gasteiger partial charge < -0.3 is 19.7 Å². The summed E-state index contributed by atoms with van der Waals surface area (Å²) in [5, 5.41) is 3.08. The highest BCUT2D eigenvalue weighted by atomic mass is 16.6. The van der Waals surface area contributed by atoms with Crippen LogP contribution in [0.1, 0.15) is 53.5 Å². The Bertz CT molecular complexity index is 749. The number of esters is 2.